The van der Waals surface area contributed by atoms with Crippen molar-refractivity contribution in [3.63, 3.8) is 0 Å². The molecule has 1 saturated heterocycles. The minimum atomic E-state index is 0.256. The smallest absolute Gasteiger partial charge is 0.0575 e. The van der Waals surface area contributed by atoms with Gasteiger partial charge in [-0.05, 0) is 57.9 Å². The maximum Gasteiger partial charge on any atom is 0.0575 e. The Morgan fingerprint density at radius 2 is 1.95 bits per heavy atom. The zero-order chi connectivity index (χ0) is 13.7. The quantitative estimate of drug-likeness (QED) is 0.880. The van der Waals surface area contributed by atoms with Crippen molar-refractivity contribution in [1.29, 1.82) is 0 Å². The molecule has 1 heterocycles. The second-order valence-corrected chi connectivity index (χ2v) is 6.03. The van der Waals surface area contributed by atoms with Crippen LogP contribution in [0.5, 0.6) is 0 Å². The molecule has 1 fully saturated rings. The third kappa shape index (κ3) is 4.96. The maximum absolute atomic E-state index is 6.27. The first-order valence-electron chi connectivity index (χ1n) is 7.58. The van der Waals surface area contributed by atoms with E-state index in [1.807, 2.05) is 0 Å². The highest BCUT2D eigenvalue weighted by Gasteiger charge is 2.15. The van der Waals surface area contributed by atoms with E-state index in [1.54, 1.807) is 0 Å². The molecule has 0 saturated carbocycles. The molecule has 0 spiro atoms. The van der Waals surface area contributed by atoms with E-state index in [0.29, 0.717) is 6.10 Å². The fourth-order valence-electron chi connectivity index (χ4n) is 3.03. The van der Waals surface area contributed by atoms with Crippen LogP contribution in [0.15, 0.2) is 18.2 Å². The number of hydrogen-bond donors (Lipinski definition) is 1. The molecule has 0 bridgehead atoms. The Morgan fingerprint density at radius 1 is 1.21 bits per heavy atom. The van der Waals surface area contributed by atoms with Crippen molar-refractivity contribution in [2.24, 2.45) is 5.73 Å². The van der Waals surface area contributed by atoms with E-state index in [2.05, 4.69) is 32.0 Å². The molecule has 1 aromatic carbocycles. The third-order valence-corrected chi connectivity index (χ3v) is 3.91. The van der Waals surface area contributed by atoms with Crippen molar-refractivity contribution in [2.45, 2.75) is 64.5 Å². The van der Waals surface area contributed by atoms with Crippen LogP contribution in [-0.4, -0.2) is 18.8 Å². The summed E-state index contributed by atoms with van der Waals surface area (Å²) in [5.74, 6) is 0. The topological polar surface area (TPSA) is 35.2 Å². The highest BCUT2D eigenvalue weighted by Crippen LogP contribution is 2.19. The predicted octanol–water partition coefficient (Wildman–Crippen LogP) is 3.52. The number of hydrogen-bond acceptors (Lipinski definition) is 2. The lowest BCUT2D eigenvalue weighted by atomic mass is 9.96. The van der Waals surface area contributed by atoms with Gasteiger partial charge in [-0.2, -0.15) is 0 Å². The van der Waals surface area contributed by atoms with Gasteiger partial charge in [-0.15, -0.1) is 0 Å². The van der Waals surface area contributed by atoms with Gasteiger partial charge in [-0.1, -0.05) is 29.3 Å². The molecule has 0 amide bonds. The predicted molar refractivity (Wildman–Crippen MR) is 80.4 cm³/mol. The first-order chi connectivity index (χ1) is 9.13. The molecule has 2 rings (SSSR count). The molecule has 0 aliphatic carbocycles. The lowest BCUT2D eigenvalue weighted by Crippen LogP contribution is -2.27. The van der Waals surface area contributed by atoms with Gasteiger partial charge in [-0.3, -0.25) is 0 Å². The monoisotopic (exact) mass is 261 g/mol. The molecule has 2 N–H and O–H groups in total. The zero-order valence-corrected chi connectivity index (χ0v) is 12.3. The van der Waals surface area contributed by atoms with Gasteiger partial charge in [0.2, 0.25) is 0 Å². The molecule has 2 nitrogen and oxygen atoms in total. The Kier molecular flexibility index (Phi) is 5.41. The summed E-state index contributed by atoms with van der Waals surface area (Å²) < 4.78 is 5.76. The second kappa shape index (κ2) is 7.06. The summed E-state index contributed by atoms with van der Waals surface area (Å²) in [6.45, 7) is 5.24. The Hall–Kier alpha value is -0.860. The normalized spacial score (nSPS) is 21.3. The lowest BCUT2D eigenvalue weighted by Gasteiger charge is -2.23. The molecule has 0 aromatic heterocycles. The molecule has 2 atom stereocenters. The van der Waals surface area contributed by atoms with Crippen molar-refractivity contribution in [3.05, 3.63) is 34.9 Å². The number of benzene rings is 1. The molecule has 19 heavy (non-hydrogen) atoms. The fraction of sp³-hybridized carbons (Fsp3) is 0.647. The van der Waals surface area contributed by atoms with Crippen molar-refractivity contribution in [1.82, 2.24) is 0 Å². The van der Waals surface area contributed by atoms with Gasteiger partial charge in [0.25, 0.3) is 0 Å². The lowest BCUT2D eigenvalue weighted by molar-refractivity contribution is 0.00915. The van der Waals surface area contributed by atoms with Gasteiger partial charge >= 0.3 is 0 Å². The van der Waals surface area contributed by atoms with Crippen LogP contribution in [-0.2, 0) is 11.2 Å². The molecule has 2 heteroatoms. The molecule has 0 radical (unpaired) electrons. The Bertz CT molecular complexity index is 376. The van der Waals surface area contributed by atoms with Crippen LogP contribution < -0.4 is 5.73 Å². The van der Waals surface area contributed by atoms with Crippen molar-refractivity contribution in [2.75, 3.05) is 6.61 Å². The fourth-order valence-corrected chi connectivity index (χ4v) is 3.03. The molecular weight excluding hydrogens is 234 g/mol. The van der Waals surface area contributed by atoms with E-state index < -0.39 is 0 Å². The molecule has 106 valence electrons. The van der Waals surface area contributed by atoms with E-state index in [0.717, 1.165) is 25.9 Å². The zero-order valence-electron chi connectivity index (χ0n) is 12.3. The summed E-state index contributed by atoms with van der Waals surface area (Å²) in [5.41, 5.74) is 10.3. The van der Waals surface area contributed by atoms with E-state index in [9.17, 15) is 0 Å². The highest BCUT2D eigenvalue weighted by molar-refractivity contribution is 5.29. The average Bonchev–Trinajstić information content (AvgIpc) is 2.36. The van der Waals surface area contributed by atoms with E-state index in [1.165, 1.54) is 36.0 Å². The van der Waals surface area contributed by atoms with Crippen LogP contribution in [0.4, 0.5) is 0 Å². The Labute approximate surface area is 117 Å². The summed E-state index contributed by atoms with van der Waals surface area (Å²) in [6.07, 6.45) is 7.39. The first-order valence-corrected chi connectivity index (χ1v) is 7.58. The average molecular weight is 261 g/mol. The second-order valence-electron chi connectivity index (χ2n) is 6.03. The first kappa shape index (κ1) is 14.5. The summed E-state index contributed by atoms with van der Waals surface area (Å²) in [6, 6.07) is 6.98. The van der Waals surface area contributed by atoms with Crippen LogP contribution in [0.2, 0.25) is 0 Å². The van der Waals surface area contributed by atoms with Crippen LogP contribution in [0, 0.1) is 13.8 Å². The Balaban J connectivity index is 1.78. The van der Waals surface area contributed by atoms with Gasteiger partial charge in [0.05, 0.1) is 6.10 Å². The standard InChI is InChI=1S/C17H27NO/c1-13-9-14(2)11-15(10-13)12-16(18)6-7-17-5-3-4-8-19-17/h9-11,16-17H,3-8,12,18H2,1-2H3. The van der Waals surface area contributed by atoms with E-state index >= 15 is 0 Å². The summed E-state index contributed by atoms with van der Waals surface area (Å²) in [5, 5.41) is 0. The maximum atomic E-state index is 6.27. The minimum absolute atomic E-state index is 0.256. The van der Waals surface area contributed by atoms with Crippen molar-refractivity contribution in [3.8, 4) is 0 Å². The van der Waals surface area contributed by atoms with Crippen LogP contribution in [0.1, 0.15) is 48.8 Å². The van der Waals surface area contributed by atoms with Gasteiger partial charge in [0.1, 0.15) is 0 Å². The van der Waals surface area contributed by atoms with E-state index in [4.69, 9.17) is 10.5 Å². The molecule has 1 aliphatic rings. The Morgan fingerprint density at radius 3 is 2.58 bits per heavy atom. The van der Waals surface area contributed by atoms with Crippen molar-refractivity contribution < 1.29 is 4.74 Å². The molecular formula is C17H27NO. The number of ether oxygens (including phenoxy) is 1. The van der Waals surface area contributed by atoms with Crippen LogP contribution in [0.25, 0.3) is 0 Å². The van der Waals surface area contributed by atoms with Gasteiger partial charge in [0, 0.05) is 12.6 Å². The van der Waals surface area contributed by atoms with Gasteiger partial charge in [-0.25, -0.2) is 0 Å². The SMILES string of the molecule is Cc1cc(C)cc(CC(N)CCC2CCCCO2)c1. The third-order valence-electron chi connectivity index (χ3n) is 3.91. The number of nitrogens with two attached hydrogens (primary N) is 1. The number of rotatable bonds is 5. The molecule has 2 unspecified atom stereocenters. The van der Waals surface area contributed by atoms with E-state index in [-0.39, 0.29) is 6.04 Å². The summed E-state index contributed by atoms with van der Waals surface area (Å²) in [7, 11) is 0. The molecule has 1 aliphatic heterocycles. The van der Waals surface area contributed by atoms with Gasteiger partial charge in [0.15, 0.2) is 0 Å². The molecule has 1 aromatic rings. The van der Waals surface area contributed by atoms with Gasteiger partial charge < -0.3 is 10.5 Å². The summed E-state index contributed by atoms with van der Waals surface area (Å²) in [4.78, 5) is 0. The van der Waals surface area contributed by atoms with Crippen molar-refractivity contribution >= 4 is 0 Å². The minimum Gasteiger partial charge on any atom is -0.378 e. The summed E-state index contributed by atoms with van der Waals surface area (Å²) >= 11 is 0. The van der Waals surface area contributed by atoms with Crippen LogP contribution >= 0.6 is 0 Å². The van der Waals surface area contributed by atoms with Crippen LogP contribution in [0.3, 0.4) is 0 Å². The largest absolute Gasteiger partial charge is 0.378 e. The number of aryl methyl sites for hydroxylation is 2. The highest BCUT2D eigenvalue weighted by atomic mass is 16.5.